The molecule has 0 saturated carbocycles. The van der Waals surface area contributed by atoms with Crippen molar-refractivity contribution < 1.29 is 35.8 Å². The van der Waals surface area contributed by atoms with E-state index in [9.17, 15) is 21.6 Å². The Morgan fingerprint density at radius 1 is 0.857 bits per heavy atom. The summed E-state index contributed by atoms with van der Waals surface area (Å²) >= 11 is 0. The molecule has 1 N–H and O–H groups in total. The molecule has 0 radical (unpaired) electrons. The maximum absolute atomic E-state index is 13.6. The van der Waals surface area contributed by atoms with Gasteiger partial charge in [-0.15, -0.1) is 0 Å². The predicted octanol–water partition coefficient (Wildman–Crippen LogP) is 3.19. The molecule has 226 valence electrons. The molecule has 13 heteroatoms. The van der Waals surface area contributed by atoms with E-state index in [1.54, 1.807) is 30.3 Å². The van der Waals surface area contributed by atoms with E-state index in [0.717, 1.165) is 22.7 Å². The molecule has 1 amide bonds. The topological polar surface area (TPSA) is 132 Å². The van der Waals surface area contributed by atoms with E-state index in [0.29, 0.717) is 30.3 Å². The molecule has 1 aliphatic rings. The van der Waals surface area contributed by atoms with Crippen molar-refractivity contribution in [2.75, 3.05) is 51.3 Å². The number of anilines is 1. The van der Waals surface area contributed by atoms with Crippen LogP contribution in [0.2, 0.25) is 0 Å². The van der Waals surface area contributed by atoms with E-state index in [1.807, 2.05) is 6.92 Å². The van der Waals surface area contributed by atoms with Crippen molar-refractivity contribution in [3.63, 3.8) is 0 Å². The van der Waals surface area contributed by atoms with Crippen LogP contribution in [-0.4, -0.2) is 74.1 Å². The summed E-state index contributed by atoms with van der Waals surface area (Å²) in [6, 6.07) is 17.1. The Labute approximate surface area is 247 Å². The highest BCUT2D eigenvalue weighted by atomic mass is 32.2. The number of aryl methyl sites for hydroxylation is 1. The Bertz CT molecular complexity index is 1590. The summed E-state index contributed by atoms with van der Waals surface area (Å²) < 4.78 is 71.4. The third-order valence-corrected chi connectivity index (χ3v) is 10.5. The summed E-state index contributed by atoms with van der Waals surface area (Å²) in [4.78, 5) is 13.2. The molecule has 1 aliphatic heterocycles. The molecular formula is C29H35N3O8S2. The van der Waals surface area contributed by atoms with Crippen LogP contribution in [-0.2, 0) is 24.8 Å². The molecule has 4 rings (SSSR count). The highest BCUT2D eigenvalue weighted by Gasteiger charge is 2.29. The number of amides is 1. The first kappa shape index (κ1) is 31.1. The Morgan fingerprint density at radius 2 is 1.48 bits per heavy atom. The number of methoxy groups -OCH3 is 2. The molecule has 0 unspecified atom stereocenters. The highest BCUT2D eigenvalue weighted by Crippen LogP contribution is 2.34. The summed E-state index contributed by atoms with van der Waals surface area (Å²) in [5, 5.41) is 2.68. The van der Waals surface area contributed by atoms with Crippen LogP contribution in [0.15, 0.2) is 76.5 Å². The van der Waals surface area contributed by atoms with Gasteiger partial charge in [0.1, 0.15) is 18.9 Å². The van der Waals surface area contributed by atoms with Gasteiger partial charge in [0.25, 0.3) is 10.0 Å². The number of rotatable bonds is 13. The van der Waals surface area contributed by atoms with Crippen molar-refractivity contribution >= 4 is 31.6 Å². The second kappa shape index (κ2) is 13.4. The summed E-state index contributed by atoms with van der Waals surface area (Å²) in [6.45, 7) is 2.59. The molecule has 1 fully saturated rings. The third-order valence-electron chi connectivity index (χ3n) is 6.77. The summed E-state index contributed by atoms with van der Waals surface area (Å²) in [6.07, 6.45) is 1.71. The molecule has 1 heterocycles. The lowest BCUT2D eigenvalue weighted by atomic mass is 10.2. The molecule has 3 aromatic carbocycles. The summed E-state index contributed by atoms with van der Waals surface area (Å²) in [7, 11) is -4.72. The lowest BCUT2D eigenvalue weighted by molar-refractivity contribution is -0.119. The van der Waals surface area contributed by atoms with Crippen LogP contribution in [0.4, 0.5) is 5.69 Å². The highest BCUT2D eigenvalue weighted by molar-refractivity contribution is 7.92. The van der Waals surface area contributed by atoms with E-state index in [-0.39, 0.29) is 28.6 Å². The first-order chi connectivity index (χ1) is 20.1. The van der Waals surface area contributed by atoms with Gasteiger partial charge in [0.15, 0.2) is 11.5 Å². The zero-order valence-electron chi connectivity index (χ0n) is 23.8. The van der Waals surface area contributed by atoms with Crippen LogP contribution in [0, 0.1) is 6.92 Å². The number of ether oxygens (including phenoxy) is 3. The Morgan fingerprint density at radius 3 is 2.10 bits per heavy atom. The van der Waals surface area contributed by atoms with E-state index in [2.05, 4.69) is 5.32 Å². The minimum absolute atomic E-state index is 0.0363. The minimum atomic E-state index is -4.11. The van der Waals surface area contributed by atoms with E-state index >= 15 is 0 Å². The lowest BCUT2D eigenvalue weighted by Crippen LogP contribution is -2.42. The maximum atomic E-state index is 13.6. The van der Waals surface area contributed by atoms with Gasteiger partial charge in [-0.3, -0.25) is 9.10 Å². The molecule has 0 atom stereocenters. The first-order valence-corrected chi connectivity index (χ1v) is 16.3. The number of sulfonamides is 2. The molecule has 42 heavy (non-hydrogen) atoms. The van der Waals surface area contributed by atoms with Gasteiger partial charge in [0.05, 0.1) is 36.2 Å². The molecule has 1 saturated heterocycles. The molecular weight excluding hydrogens is 582 g/mol. The van der Waals surface area contributed by atoms with Crippen molar-refractivity contribution in [3.05, 3.63) is 72.3 Å². The summed E-state index contributed by atoms with van der Waals surface area (Å²) in [5.41, 5.74) is 1.12. The predicted molar refractivity (Wildman–Crippen MR) is 158 cm³/mol. The van der Waals surface area contributed by atoms with Crippen molar-refractivity contribution in [1.82, 2.24) is 9.62 Å². The van der Waals surface area contributed by atoms with Crippen LogP contribution in [0.1, 0.15) is 18.4 Å². The van der Waals surface area contributed by atoms with Crippen molar-refractivity contribution in [2.24, 2.45) is 0 Å². The fraction of sp³-hybridized carbons (Fsp3) is 0.345. The largest absolute Gasteiger partial charge is 0.493 e. The normalized spacial score (nSPS) is 13.9. The molecule has 0 bridgehead atoms. The van der Waals surface area contributed by atoms with Gasteiger partial charge >= 0.3 is 0 Å². The number of hydrogen-bond acceptors (Lipinski definition) is 8. The smallest absolute Gasteiger partial charge is 0.264 e. The van der Waals surface area contributed by atoms with Crippen molar-refractivity contribution in [2.45, 2.75) is 29.6 Å². The van der Waals surface area contributed by atoms with Crippen LogP contribution in [0.25, 0.3) is 0 Å². The SMILES string of the molecule is COc1ccc(N(CC(=O)NCCOc2ccc(S(=O)(=O)N3CCCC3)cc2)S(=O)(=O)c2ccc(C)cc2)cc1OC. The number of nitrogens with one attached hydrogen (secondary N) is 1. The monoisotopic (exact) mass is 617 g/mol. The number of hydrogen-bond donors (Lipinski definition) is 1. The van der Waals surface area contributed by atoms with Crippen molar-refractivity contribution in [1.29, 1.82) is 0 Å². The zero-order chi connectivity index (χ0) is 30.3. The molecule has 0 aliphatic carbocycles. The Balaban J connectivity index is 1.41. The quantitative estimate of drug-likeness (QED) is 0.290. The number of carbonyl (C=O) groups is 1. The Kier molecular flexibility index (Phi) is 9.97. The van der Waals surface area contributed by atoms with Crippen molar-refractivity contribution in [3.8, 4) is 17.2 Å². The summed E-state index contributed by atoms with van der Waals surface area (Å²) in [5.74, 6) is 0.624. The fourth-order valence-corrected chi connectivity index (χ4v) is 7.39. The van der Waals surface area contributed by atoms with Crippen LogP contribution in [0.5, 0.6) is 17.2 Å². The fourth-order valence-electron chi connectivity index (χ4n) is 4.46. The molecule has 0 aromatic heterocycles. The van der Waals surface area contributed by atoms with Gasteiger partial charge in [-0.05, 0) is 68.3 Å². The Hall–Kier alpha value is -3.81. The second-order valence-corrected chi connectivity index (χ2v) is 13.4. The second-order valence-electron chi connectivity index (χ2n) is 9.65. The number of nitrogens with zero attached hydrogens (tertiary/aromatic N) is 2. The number of carbonyl (C=O) groups excluding carboxylic acids is 1. The standard InChI is InChI=1S/C29H35N3O8S2/c1-22-6-11-26(12-7-22)42(36,37)32(23-8-15-27(38-2)28(20-23)39-3)21-29(33)30-16-19-40-24-9-13-25(14-10-24)41(34,35)31-17-4-5-18-31/h6-15,20H,4-5,16-19,21H2,1-3H3,(H,30,33). The molecule has 0 spiro atoms. The zero-order valence-corrected chi connectivity index (χ0v) is 25.4. The molecule has 11 nitrogen and oxygen atoms in total. The van der Waals surface area contributed by atoms with E-state index < -0.39 is 32.5 Å². The maximum Gasteiger partial charge on any atom is 0.264 e. The average molecular weight is 618 g/mol. The minimum Gasteiger partial charge on any atom is -0.493 e. The number of benzene rings is 3. The van der Waals surface area contributed by atoms with E-state index in [4.69, 9.17) is 14.2 Å². The third kappa shape index (κ3) is 7.15. The van der Waals surface area contributed by atoms with Gasteiger partial charge in [-0.1, -0.05) is 17.7 Å². The van der Waals surface area contributed by atoms with Gasteiger partial charge in [-0.25, -0.2) is 16.8 Å². The lowest BCUT2D eigenvalue weighted by Gasteiger charge is -2.25. The van der Waals surface area contributed by atoms with Crippen LogP contribution < -0.4 is 23.8 Å². The average Bonchev–Trinajstić information content (AvgIpc) is 3.54. The van der Waals surface area contributed by atoms with Gasteiger partial charge in [-0.2, -0.15) is 4.31 Å². The van der Waals surface area contributed by atoms with E-state index in [1.165, 1.54) is 54.9 Å². The molecule has 3 aromatic rings. The first-order valence-electron chi connectivity index (χ1n) is 13.4. The van der Waals surface area contributed by atoms with Crippen LogP contribution >= 0.6 is 0 Å². The van der Waals surface area contributed by atoms with Crippen LogP contribution in [0.3, 0.4) is 0 Å². The van der Waals surface area contributed by atoms with Gasteiger partial charge in [0, 0.05) is 19.2 Å². The van der Waals surface area contributed by atoms with Gasteiger partial charge in [0.2, 0.25) is 15.9 Å². The van der Waals surface area contributed by atoms with Gasteiger partial charge < -0.3 is 19.5 Å².